The maximum absolute atomic E-state index is 9.36. The Morgan fingerprint density at radius 2 is 2.25 bits per heavy atom. The summed E-state index contributed by atoms with van der Waals surface area (Å²) in [5, 5.41) is 9.36. The molecule has 1 aliphatic rings. The number of hydrogen-bond acceptors (Lipinski definition) is 3. The average molecular weight is 220 g/mol. The highest BCUT2D eigenvalue weighted by Crippen LogP contribution is 2.33. The fourth-order valence-corrected chi connectivity index (χ4v) is 2.09. The van der Waals surface area contributed by atoms with Crippen molar-refractivity contribution in [1.82, 2.24) is 4.98 Å². The standard InChI is InChI=1S/C13H20N2O/c1-3-6-15(12-4-5-12)13-7-10(2)14-8-11(13)9-16/h7-8,12,16H,3-6,9H2,1-2H3. The maximum atomic E-state index is 9.36. The lowest BCUT2D eigenvalue weighted by Gasteiger charge is -2.26. The summed E-state index contributed by atoms with van der Waals surface area (Å²) >= 11 is 0. The van der Waals surface area contributed by atoms with Crippen molar-refractivity contribution in [2.75, 3.05) is 11.4 Å². The lowest BCUT2D eigenvalue weighted by molar-refractivity contribution is 0.281. The van der Waals surface area contributed by atoms with Crippen LogP contribution in [0.1, 0.15) is 37.4 Å². The molecule has 1 aromatic rings. The molecule has 0 atom stereocenters. The molecule has 16 heavy (non-hydrogen) atoms. The molecule has 1 heterocycles. The van der Waals surface area contributed by atoms with Crippen molar-refractivity contribution in [3.8, 4) is 0 Å². The van der Waals surface area contributed by atoms with E-state index in [2.05, 4.69) is 22.9 Å². The Morgan fingerprint density at radius 1 is 1.50 bits per heavy atom. The molecule has 1 aliphatic carbocycles. The number of nitrogens with zero attached hydrogens (tertiary/aromatic N) is 2. The van der Waals surface area contributed by atoms with Crippen molar-refractivity contribution in [3.05, 3.63) is 23.5 Å². The molecule has 1 fully saturated rings. The molecule has 1 saturated carbocycles. The van der Waals surface area contributed by atoms with Gasteiger partial charge in [0, 0.05) is 35.7 Å². The Morgan fingerprint density at radius 3 is 2.81 bits per heavy atom. The predicted molar refractivity (Wildman–Crippen MR) is 65.6 cm³/mol. The van der Waals surface area contributed by atoms with Crippen LogP contribution in [0.15, 0.2) is 12.3 Å². The molecule has 3 heteroatoms. The minimum atomic E-state index is 0.0789. The van der Waals surface area contributed by atoms with Crippen LogP contribution in [0.4, 0.5) is 5.69 Å². The lowest BCUT2D eigenvalue weighted by Crippen LogP contribution is -2.27. The molecular weight excluding hydrogens is 200 g/mol. The molecule has 0 saturated heterocycles. The van der Waals surface area contributed by atoms with Crippen LogP contribution in [0.25, 0.3) is 0 Å². The Bertz CT molecular complexity index is 361. The van der Waals surface area contributed by atoms with Crippen molar-refractivity contribution in [3.63, 3.8) is 0 Å². The summed E-state index contributed by atoms with van der Waals surface area (Å²) in [4.78, 5) is 6.68. The van der Waals surface area contributed by atoms with E-state index >= 15 is 0 Å². The molecule has 0 aromatic carbocycles. The highest BCUT2D eigenvalue weighted by atomic mass is 16.3. The van der Waals surface area contributed by atoms with Gasteiger partial charge in [-0.1, -0.05) is 6.92 Å². The smallest absolute Gasteiger partial charge is 0.0717 e. The summed E-state index contributed by atoms with van der Waals surface area (Å²) in [6.45, 7) is 5.35. The minimum Gasteiger partial charge on any atom is -0.392 e. The first kappa shape index (κ1) is 11.4. The van der Waals surface area contributed by atoms with Crippen molar-refractivity contribution < 1.29 is 5.11 Å². The van der Waals surface area contributed by atoms with Crippen LogP contribution in [0.5, 0.6) is 0 Å². The predicted octanol–water partition coefficient (Wildman–Crippen LogP) is 2.26. The zero-order valence-electron chi connectivity index (χ0n) is 10.1. The van der Waals surface area contributed by atoms with E-state index in [1.54, 1.807) is 6.20 Å². The molecule has 1 N–H and O–H groups in total. The Hall–Kier alpha value is -1.09. The molecule has 0 bridgehead atoms. The summed E-state index contributed by atoms with van der Waals surface area (Å²) in [5.74, 6) is 0. The zero-order chi connectivity index (χ0) is 11.5. The first-order valence-corrected chi connectivity index (χ1v) is 6.09. The van der Waals surface area contributed by atoms with Crippen LogP contribution in [-0.4, -0.2) is 22.7 Å². The molecule has 2 rings (SSSR count). The van der Waals surface area contributed by atoms with Crippen LogP contribution < -0.4 is 4.90 Å². The second kappa shape index (κ2) is 4.83. The number of aliphatic hydroxyl groups excluding tert-OH is 1. The molecule has 0 amide bonds. The van der Waals surface area contributed by atoms with Gasteiger partial charge in [-0.05, 0) is 32.3 Å². The van der Waals surface area contributed by atoms with Crippen molar-refractivity contribution in [1.29, 1.82) is 0 Å². The van der Waals surface area contributed by atoms with Crippen LogP contribution in [0.3, 0.4) is 0 Å². The second-order valence-corrected chi connectivity index (χ2v) is 4.54. The van der Waals surface area contributed by atoms with E-state index in [0.29, 0.717) is 6.04 Å². The van der Waals surface area contributed by atoms with E-state index in [0.717, 1.165) is 24.2 Å². The fourth-order valence-electron chi connectivity index (χ4n) is 2.09. The van der Waals surface area contributed by atoms with Gasteiger partial charge in [-0.15, -0.1) is 0 Å². The topological polar surface area (TPSA) is 36.4 Å². The number of aromatic nitrogens is 1. The summed E-state index contributed by atoms with van der Waals surface area (Å²) in [6, 6.07) is 2.78. The molecule has 3 nitrogen and oxygen atoms in total. The third-order valence-corrected chi connectivity index (χ3v) is 3.03. The summed E-state index contributed by atoms with van der Waals surface area (Å²) in [5.41, 5.74) is 3.15. The van der Waals surface area contributed by atoms with Gasteiger partial charge in [-0.3, -0.25) is 4.98 Å². The highest BCUT2D eigenvalue weighted by molar-refractivity contribution is 5.55. The lowest BCUT2D eigenvalue weighted by atomic mass is 10.2. The normalized spacial score (nSPS) is 15.2. The van der Waals surface area contributed by atoms with E-state index < -0.39 is 0 Å². The molecular formula is C13H20N2O. The van der Waals surface area contributed by atoms with Gasteiger partial charge in [0.2, 0.25) is 0 Å². The van der Waals surface area contributed by atoms with Crippen LogP contribution in [0, 0.1) is 6.92 Å². The Kier molecular flexibility index (Phi) is 3.44. The van der Waals surface area contributed by atoms with E-state index in [9.17, 15) is 5.11 Å². The van der Waals surface area contributed by atoms with Crippen LogP contribution in [-0.2, 0) is 6.61 Å². The van der Waals surface area contributed by atoms with Crippen LogP contribution in [0.2, 0.25) is 0 Å². The average Bonchev–Trinajstić information content (AvgIpc) is 3.10. The summed E-state index contributed by atoms with van der Waals surface area (Å²) in [6.07, 6.45) is 5.51. The Labute approximate surface area is 97.1 Å². The SMILES string of the molecule is CCCN(c1cc(C)ncc1CO)C1CC1. The van der Waals surface area contributed by atoms with E-state index in [-0.39, 0.29) is 6.61 Å². The van der Waals surface area contributed by atoms with E-state index in [1.807, 2.05) is 6.92 Å². The highest BCUT2D eigenvalue weighted by Gasteiger charge is 2.29. The monoisotopic (exact) mass is 220 g/mol. The Balaban J connectivity index is 2.30. The third kappa shape index (κ3) is 2.35. The number of pyridine rings is 1. The molecule has 1 aromatic heterocycles. The van der Waals surface area contributed by atoms with Crippen LogP contribution >= 0.6 is 0 Å². The van der Waals surface area contributed by atoms with Gasteiger partial charge in [-0.2, -0.15) is 0 Å². The number of rotatable bonds is 5. The second-order valence-electron chi connectivity index (χ2n) is 4.54. The molecule has 0 unspecified atom stereocenters. The van der Waals surface area contributed by atoms with Gasteiger partial charge < -0.3 is 10.0 Å². The maximum Gasteiger partial charge on any atom is 0.0717 e. The van der Waals surface area contributed by atoms with Gasteiger partial charge in [0.25, 0.3) is 0 Å². The molecule has 0 spiro atoms. The van der Waals surface area contributed by atoms with Gasteiger partial charge in [0.15, 0.2) is 0 Å². The minimum absolute atomic E-state index is 0.0789. The molecule has 0 radical (unpaired) electrons. The van der Waals surface area contributed by atoms with E-state index in [1.165, 1.54) is 18.5 Å². The zero-order valence-corrected chi connectivity index (χ0v) is 10.1. The van der Waals surface area contributed by atoms with Crippen molar-refractivity contribution in [2.45, 2.75) is 45.8 Å². The number of aryl methyl sites for hydroxylation is 1. The first-order chi connectivity index (χ1) is 7.76. The number of aliphatic hydroxyl groups is 1. The van der Waals surface area contributed by atoms with E-state index in [4.69, 9.17) is 0 Å². The molecule has 88 valence electrons. The third-order valence-electron chi connectivity index (χ3n) is 3.03. The first-order valence-electron chi connectivity index (χ1n) is 6.09. The quantitative estimate of drug-likeness (QED) is 0.827. The summed E-state index contributed by atoms with van der Waals surface area (Å²) < 4.78 is 0. The number of hydrogen-bond donors (Lipinski definition) is 1. The van der Waals surface area contributed by atoms with Gasteiger partial charge >= 0.3 is 0 Å². The molecule has 0 aliphatic heterocycles. The summed E-state index contributed by atoms with van der Waals surface area (Å²) in [7, 11) is 0. The van der Waals surface area contributed by atoms with Gasteiger partial charge in [-0.25, -0.2) is 0 Å². The van der Waals surface area contributed by atoms with Crippen molar-refractivity contribution >= 4 is 5.69 Å². The van der Waals surface area contributed by atoms with Crippen molar-refractivity contribution in [2.24, 2.45) is 0 Å². The van der Waals surface area contributed by atoms with Gasteiger partial charge in [0.05, 0.1) is 6.61 Å². The number of anilines is 1. The van der Waals surface area contributed by atoms with Gasteiger partial charge in [0.1, 0.15) is 0 Å². The fraction of sp³-hybridized carbons (Fsp3) is 0.615. The largest absolute Gasteiger partial charge is 0.392 e.